The summed E-state index contributed by atoms with van der Waals surface area (Å²) in [5, 5.41) is 12.0. The minimum atomic E-state index is -4.85. The van der Waals surface area contributed by atoms with E-state index in [9.17, 15) is 23.1 Å². The summed E-state index contributed by atoms with van der Waals surface area (Å²) in [6.07, 6.45) is -4.19. The van der Waals surface area contributed by atoms with Gasteiger partial charge in [-0.05, 0) is 24.6 Å². The van der Waals surface area contributed by atoms with Gasteiger partial charge < -0.3 is 20.9 Å². The van der Waals surface area contributed by atoms with Gasteiger partial charge in [0.1, 0.15) is 0 Å². The van der Waals surface area contributed by atoms with Crippen LogP contribution in [0.4, 0.5) is 18.9 Å². The average Bonchev–Trinajstić information content (AvgIpc) is 2.37. The summed E-state index contributed by atoms with van der Waals surface area (Å²) in [6, 6.07) is 3.22. The number of hydrogen-bond donors (Lipinski definition) is 3. The van der Waals surface area contributed by atoms with E-state index in [0.29, 0.717) is 6.42 Å². The van der Waals surface area contributed by atoms with Gasteiger partial charge in [-0.3, -0.25) is 4.79 Å². The SMILES string of the molecule is CCCC(O)CNC(=O)c1ccc(OC(F)(F)F)c(N)c1. The third-order valence-electron chi connectivity index (χ3n) is 2.62. The molecule has 5 nitrogen and oxygen atoms in total. The van der Waals surface area contributed by atoms with Crippen molar-refractivity contribution in [2.75, 3.05) is 12.3 Å². The predicted molar refractivity (Wildman–Crippen MR) is 70.8 cm³/mol. The highest BCUT2D eigenvalue weighted by molar-refractivity contribution is 5.95. The molecule has 0 aliphatic carbocycles. The molecule has 0 aliphatic rings. The van der Waals surface area contributed by atoms with Crippen LogP contribution < -0.4 is 15.8 Å². The van der Waals surface area contributed by atoms with E-state index in [-0.39, 0.29) is 17.8 Å². The number of benzene rings is 1. The van der Waals surface area contributed by atoms with Crippen molar-refractivity contribution in [2.45, 2.75) is 32.2 Å². The second-order valence-corrected chi connectivity index (χ2v) is 4.45. The zero-order chi connectivity index (χ0) is 16.0. The van der Waals surface area contributed by atoms with Gasteiger partial charge in [-0.25, -0.2) is 0 Å². The van der Waals surface area contributed by atoms with Crippen molar-refractivity contribution in [3.05, 3.63) is 23.8 Å². The number of nitrogens with one attached hydrogen (secondary N) is 1. The van der Waals surface area contributed by atoms with Gasteiger partial charge >= 0.3 is 6.36 Å². The molecule has 4 N–H and O–H groups in total. The fraction of sp³-hybridized carbons (Fsp3) is 0.462. The highest BCUT2D eigenvalue weighted by Gasteiger charge is 2.32. The lowest BCUT2D eigenvalue weighted by molar-refractivity contribution is -0.274. The average molecular weight is 306 g/mol. The van der Waals surface area contributed by atoms with Crippen molar-refractivity contribution in [1.82, 2.24) is 5.32 Å². The number of halogens is 3. The summed E-state index contributed by atoms with van der Waals surface area (Å²) in [5.74, 6) is -1.10. The molecule has 8 heteroatoms. The molecule has 0 spiro atoms. The maximum atomic E-state index is 12.1. The first-order valence-electron chi connectivity index (χ1n) is 6.34. The number of anilines is 1. The van der Waals surface area contributed by atoms with Crippen LogP contribution in [0, 0.1) is 0 Å². The van der Waals surface area contributed by atoms with Crippen LogP contribution in [-0.2, 0) is 0 Å². The topological polar surface area (TPSA) is 84.6 Å². The molecule has 1 atom stereocenters. The van der Waals surface area contributed by atoms with Crippen molar-refractivity contribution in [2.24, 2.45) is 0 Å². The molecular formula is C13H17F3N2O3. The third kappa shape index (κ3) is 5.90. The summed E-state index contributed by atoms with van der Waals surface area (Å²) in [6.45, 7) is 1.96. The molecule has 1 unspecified atom stereocenters. The lowest BCUT2D eigenvalue weighted by Crippen LogP contribution is -2.32. The number of aliphatic hydroxyl groups excluding tert-OH is 1. The Hall–Kier alpha value is -1.96. The van der Waals surface area contributed by atoms with Crippen LogP contribution in [0.3, 0.4) is 0 Å². The van der Waals surface area contributed by atoms with E-state index in [4.69, 9.17) is 5.73 Å². The summed E-state index contributed by atoms with van der Waals surface area (Å²) in [4.78, 5) is 11.8. The fourth-order valence-electron chi connectivity index (χ4n) is 1.66. The van der Waals surface area contributed by atoms with Crippen molar-refractivity contribution in [3.63, 3.8) is 0 Å². The zero-order valence-corrected chi connectivity index (χ0v) is 11.4. The van der Waals surface area contributed by atoms with Crippen LogP contribution in [0.2, 0.25) is 0 Å². The monoisotopic (exact) mass is 306 g/mol. The molecule has 0 heterocycles. The van der Waals surface area contributed by atoms with Gasteiger partial charge in [0.05, 0.1) is 11.8 Å². The number of carbonyl (C=O) groups excluding carboxylic acids is 1. The molecule has 21 heavy (non-hydrogen) atoms. The Balaban J connectivity index is 2.68. The van der Waals surface area contributed by atoms with E-state index in [1.807, 2.05) is 6.92 Å². The van der Waals surface area contributed by atoms with Crippen LogP contribution in [0.5, 0.6) is 5.75 Å². The molecule has 1 aromatic rings. The Bertz CT molecular complexity index is 492. The van der Waals surface area contributed by atoms with Crippen molar-refractivity contribution >= 4 is 11.6 Å². The van der Waals surface area contributed by atoms with Crippen LogP contribution in [0.1, 0.15) is 30.1 Å². The second kappa shape index (κ2) is 7.16. The number of nitrogens with two attached hydrogens (primary N) is 1. The molecular weight excluding hydrogens is 289 g/mol. The van der Waals surface area contributed by atoms with Gasteiger partial charge in [0.15, 0.2) is 5.75 Å². The van der Waals surface area contributed by atoms with E-state index in [1.54, 1.807) is 0 Å². The first-order chi connectivity index (χ1) is 9.73. The molecule has 0 saturated carbocycles. The normalized spacial score (nSPS) is 12.8. The largest absolute Gasteiger partial charge is 0.573 e. The number of alkyl halides is 3. The van der Waals surface area contributed by atoms with Crippen LogP contribution >= 0.6 is 0 Å². The molecule has 0 aromatic heterocycles. The van der Waals surface area contributed by atoms with E-state index >= 15 is 0 Å². The zero-order valence-electron chi connectivity index (χ0n) is 11.4. The highest BCUT2D eigenvalue weighted by atomic mass is 19.4. The molecule has 1 aromatic carbocycles. The van der Waals surface area contributed by atoms with Crippen molar-refractivity contribution < 1.29 is 27.8 Å². The molecule has 118 valence electrons. The fourth-order valence-corrected chi connectivity index (χ4v) is 1.66. The van der Waals surface area contributed by atoms with E-state index in [1.165, 1.54) is 6.07 Å². The lowest BCUT2D eigenvalue weighted by Gasteiger charge is -2.13. The molecule has 0 fully saturated rings. The molecule has 0 aliphatic heterocycles. The highest BCUT2D eigenvalue weighted by Crippen LogP contribution is 2.28. The summed E-state index contributed by atoms with van der Waals surface area (Å²) in [7, 11) is 0. The number of hydrogen-bond acceptors (Lipinski definition) is 4. The summed E-state index contributed by atoms with van der Waals surface area (Å²) >= 11 is 0. The second-order valence-electron chi connectivity index (χ2n) is 4.45. The number of ether oxygens (including phenoxy) is 1. The Morgan fingerprint density at radius 2 is 2.14 bits per heavy atom. The first-order valence-corrected chi connectivity index (χ1v) is 6.34. The Morgan fingerprint density at radius 3 is 2.67 bits per heavy atom. The van der Waals surface area contributed by atoms with Gasteiger partial charge in [-0.15, -0.1) is 13.2 Å². The van der Waals surface area contributed by atoms with Gasteiger partial charge in [0, 0.05) is 12.1 Å². The van der Waals surface area contributed by atoms with Gasteiger partial charge in [-0.2, -0.15) is 0 Å². The Kier molecular flexibility index (Phi) is 5.83. The van der Waals surface area contributed by atoms with Gasteiger partial charge in [-0.1, -0.05) is 13.3 Å². The van der Waals surface area contributed by atoms with Crippen LogP contribution in [0.25, 0.3) is 0 Å². The number of rotatable bonds is 6. The minimum absolute atomic E-state index is 0.0629. The molecule has 0 saturated heterocycles. The maximum Gasteiger partial charge on any atom is 0.573 e. The van der Waals surface area contributed by atoms with Crippen LogP contribution in [-0.4, -0.2) is 30.0 Å². The van der Waals surface area contributed by atoms with Gasteiger partial charge in [0.25, 0.3) is 5.91 Å². The minimum Gasteiger partial charge on any atom is -0.404 e. The lowest BCUT2D eigenvalue weighted by atomic mass is 10.1. The predicted octanol–water partition coefficient (Wildman–Crippen LogP) is 2.06. The summed E-state index contributed by atoms with van der Waals surface area (Å²) in [5.41, 5.74) is 5.21. The van der Waals surface area contributed by atoms with Crippen LogP contribution in [0.15, 0.2) is 18.2 Å². The number of nitrogen functional groups attached to an aromatic ring is 1. The third-order valence-corrected chi connectivity index (χ3v) is 2.62. The first kappa shape index (κ1) is 17.1. The Labute approximate surface area is 119 Å². The maximum absolute atomic E-state index is 12.1. The molecule has 0 radical (unpaired) electrons. The van der Waals surface area contributed by atoms with E-state index < -0.39 is 24.1 Å². The standard InChI is InChI=1S/C13H17F3N2O3/c1-2-3-9(19)7-18-12(20)8-4-5-11(10(17)6-8)21-13(14,15)16/h4-6,9,19H,2-3,7,17H2,1H3,(H,18,20). The smallest absolute Gasteiger partial charge is 0.404 e. The quantitative estimate of drug-likeness (QED) is 0.702. The van der Waals surface area contributed by atoms with Crippen molar-refractivity contribution in [1.29, 1.82) is 0 Å². The molecule has 0 bridgehead atoms. The number of aliphatic hydroxyl groups is 1. The Morgan fingerprint density at radius 1 is 1.48 bits per heavy atom. The number of amides is 1. The van der Waals surface area contributed by atoms with Crippen molar-refractivity contribution in [3.8, 4) is 5.75 Å². The molecule has 1 rings (SSSR count). The van der Waals surface area contributed by atoms with Gasteiger partial charge in [0.2, 0.25) is 0 Å². The molecule has 1 amide bonds. The van der Waals surface area contributed by atoms with E-state index in [0.717, 1.165) is 18.6 Å². The summed E-state index contributed by atoms with van der Waals surface area (Å²) < 4.78 is 39.9. The number of carbonyl (C=O) groups is 1. The van der Waals surface area contributed by atoms with E-state index in [2.05, 4.69) is 10.1 Å².